The molecule has 3 nitrogen and oxygen atoms in total. The van der Waals surface area contributed by atoms with Crippen molar-refractivity contribution in [3.05, 3.63) is 102 Å². The van der Waals surface area contributed by atoms with E-state index in [1.807, 2.05) is 6.07 Å². The van der Waals surface area contributed by atoms with Crippen molar-refractivity contribution < 1.29 is 9.13 Å². The van der Waals surface area contributed by atoms with Gasteiger partial charge < -0.3 is 15.0 Å². The van der Waals surface area contributed by atoms with Gasteiger partial charge in [0.1, 0.15) is 6.10 Å². The number of nitrogens with zero attached hydrogens (tertiary/aromatic N) is 1. The third-order valence-corrected chi connectivity index (χ3v) is 6.46. The molecule has 4 aromatic carbocycles. The van der Waals surface area contributed by atoms with E-state index in [-0.39, 0.29) is 18.0 Å². The van der Waals surface area contributed by atoms with Gasteiger partial charge in [-0.2, -0.15) is 0 Å². The molecule has 1 heterocycles. The lowest BCUT2D eigenvalue weighted by molar-refractivity contribution is 0.178. The van der Waals surface area contributed by atoms with Gasteiger partial charge in [-0.25, -0.2) is 4.39 Å². The smallest absolute Gasteiger partial charge is 0.179 e. The van der Waals surface area contributed by atoms with Crippen LogP contribution in [-0.2, 0) is 0 Å². The van der Waals surface area contributed by atoms with E-state index in [1.54, 1.807) is 6.07 Å². The number of para-hydroxylation sites is 1. The highest BCUT2D eigenvalue weighted by Crippen LogP contribution is 2.40. The summed E-state index contributed by atoms with van der Waals surface area (Å²) in [4.78, 5) is 2.17. The van der Waals surface area contributed by atoms with Crippen molar-refractivity contribution in [2.75, 3.05) is 18.0 Å². The Kier molecular flexibility index (Phi) is 6.01. The molecule has 0 radical (unpaired) electrons. The average Bonchev–Trinajstić information content (AvgIpc) is 2.84. The summed E-state index contributed by atoms with van der Waals surface area (Å²) >= 11 is 0. The third kappa shape index (κ3) is 4.44. The average molecular weight is 441 g/mol. The van der Waals surface area contributed by atoms with E-state index < -0.39 is 0 Å². The SMILES string of the molecule is Cc1ccc(N2CC(CCN[C@H](C)c3cccc4ccccc34)Oc3c(F)cccc32)cc1. The monoisotopic (exact) mass is 440 g/mol. The van der Waals surface area contributed by atoms with Crippen molar-refractivity contribution >= 4 is 22.1 Å². The van der Waals surface area contributed by atoms with E-state index in [1.165, 1.54) is 28.0 Å². The van der Waals surface area contributed by atoms with Crippen molar-refractivity contribution in [3.63, 3.8) is 0 Å². The number of hydrogen-bond acceptors (Lipinski definition) is 3. The van der Waals surface area contributed by atoms with Crippen molar-refractivity contribution in [3.8, 4) is 5.75 Å². The molecule has 0 saturated heterocycles. The van der Waals surface area contributed by atoms with E-state index in [4.69, 9.17) is 4.74 Å². The molecule has 5 rings (SSSR count). The molecule has 33 heavy (non-hydrogen) atoms. The fraction of sp³-hybridized carbons (Fsp3) is 0.241. The molecule has 0 fully saturated rings. The van der Waals surface area contributed by atoms with Crippen LogP contribution in [0.5, 0.6) is 5.75 Å². The van der Waals surface area contributed by atoms with E-state index in [0.29, 0.717) is 12.3 Å². The van der Waals surface area contributed by atoms with E-state index in [9.17, 15) is 4.39 Å². The fourth-order valence-electron chi connectivity index (χ4n) is 4.65. The Labute approximate surface area is 194 Å². The Morgan fingerprint density at radius 3 is 2.58 bits per heavy atom. The number of ether oxygens (including phenoxy) is 1. The zero-order valence-electron chi connectivity index (χ0n) is 19.1. The van der Waals surface area contributed by atoms with Gasteiger partial charge in [-0.15, -0.1) is 0 Å². The van der Waals surface area contributed by atoms with Crippen LogP contribution < -0.4 is 15.0 Å². The summed E-state index contributed by atoms with van der Waals surface area (Å²) in [6.07, 6.45) is 0.675. The van der Waals surface area contributed by atoms with E-state index >= 15 is 0 Å². The van der Waals surface area contributed by atoms with Crippen LogP contribution in [-0.4, -0.2) is 19.2 Å². The van der Waals surface area contributed by atoms with Crippen LogP contribution in [0.25, 0.3) is 10.8 Å². The van der Waals surface area contributed by atoms with Gasteiger partial charge in [-0.05, 0) is 67.4 Å². The van der Waals surface area contributed by atoms with Gasteiger partial charge in [0.2, 0.25) is 0 Å². The van der Waals surface area contributed by atoms with Crippen molar-refractivity contribution in [1.82, 2.24) is 5.32 Å². The summed E-state index contributed by atoms with van der Waals surface area (Å²) in [6, 6.07) is 28.6. The van der Waals surface area contributed by atoms with Gasteiger partial charge in [0.05, 0.1) is 12.2 Å². The maximum Gasteiger partial charge on any atom is 0.179 e. The largest absolute Gasteiger partial charge is 0.483 e. The minimum Gasteiger partial charge on any atom is -0.483 e. The van der Waals surface area contributed by atoms with Crippen LogP contribution in [0.3, 0.4) is 0 Å². The molecule has 0 amide bonds. The van der Waals surface area contributed by atoms with Gasteiger partial charge in [-0.3, -0.25) is 0 Å². The molecule has 0 saturated carbocycles. The van der Waals surface area contributed by atoms with Crippen LogP contribution in [0.2, 0.25) is 0 Å². The molecule has 1 unspecified atom stereocenters. The first kappa shape index (κ1) is 21.5. The van der Waals surface area contributed by atoms with Crippen LogP contribution >= 0.6 is 0 Å². The van der Waals surface area contributed by atoms with Crippen LogP contribution in [0, 0.1) is 12.7 Å². The highest BCUT2D eigenvalue weighted by molar-refractivity contribution is 5.86. The van der Waals surface area contributed by atoms with Gasteiger partial charge in [0.25, 0.3) is 0 Å². The number of fused-ring (bicyclic) bond motifs is 2. The summed E-state index contributed by atoms with van der Waals surface area (Å²) < 4.78 is 20.8. The van der Waals surface area contributed by atoms with Crippen LogP contribution in [0.15, 0.2) is 84.9 Å². The number of aryl methyl sites for hydroxylation is 1. The van der Waals surface area contributed by atoms with Crippen LogP contribution in [0.4, 0.5) is 15.8 Å². The number of rotatable bonds is 6. The number of halogens is 1. The molecule has 1 aliphatic heterocycles. The molecule has 168 valence electrons. The van der Waals surface area contributed by atoms with Crippen molar-refractivity contribution in [2.45, 2.75) is 32.4 Å². The number of nitrogens with one attached hydrogen (secondary N) is 1. The highest BCUT2D eigenvalue weighted by atomic mass is 19.1. The third-order valence-electron chi connectivity index (χ3n) is 6.46. The lowest BCUT2D eigenvalue weighted by atomic mass is 9.99. The zero-order chi connectivity index (χ0) is 22.8. The Morgan fingerprint density at radius 2 is 1.73 bits per heavy atom. The summed E-state index contributed by atoms with van der Waals surface area (Å²) in [5, 5.41) is 6.17. The summed E-state index contributed by atoms with van der Waals surface area (Å²) in [5.41, 5.74) is 4.33. The second kappa shape index (κ2) is 9.24. The van der Waals surface area contributed by atoms with Gasteiger partial charge >= 0.3 is 0 Å². The number of benzene rings is 4. The highest BCUT2D eigenvalue weighted by Gasteiger charge is 2.29. The molecule has 0 spiro atoms. The second-order valence-corrected chi connectivity index (χ2v) is 8.81. The normalized spacial score (nSPS) is 16.3. The van der Waals surface area contributed by atoms with Crippen molar-refractivity contribution in [1.29, 1.82) is 0 Å². The van der Waals surface area contributed by atoms with Crippen LogP contribution in [0.1, 0.15) is 30.5 Å². The first-order valence-electron chi connectivity index (χ1n) is 11.6. The van der Waals surface area contributed by atoms with Gasteiger partial charge in [0, 0.05) is 11.7 Å². The number of anilines is 2. The van der Waals surface area contributed by atoms with E-state index in [0.717, 1.165) is 24.3 Å². The maximum absolute atomic E-state index is 14.7. The predicted octanol–water partition coefficient (Wildman–Crippen LogP) is 6.93. The molecule has 4 heteroatoms. The van der Waals surface area contributed by atoms with Crippen molar-refractivity contribution in [2.24, 2.45) is 0 Å². The molecule has 0 bridgehead atoms. The Morgan fingerprint density at radius 1 is 0.970 bits per heavy atom. The topological polar surface area (TPSA) is 24.5 Å². The number of hydrogen-bond donors (Lipinski definition) is 1. The quantitative estimate of drug-likeness (QED) is 0.352. The molecular weight excluding hydrogens is 411 g/mol. The van der Waals surface area contributed by atoms with Gasteiger partial charge in [0.15, 0.2) is 11.6 Å². The summed E-state index contributed by atoms with van der Waals surface area (Å²) in [7, 11) is 0. The standard InChI is InChI=1S/C29H29FN2O/c1-20-13-15-23(16-14-20)32-19-24(33-29-27(30)11-6-12-28(29)32)17-18-31-21(2)25-10-5-8-22-7-3-4-9-26(22)25/h3-16,21,24,31H,17-19H2,1-2H3/t21-,24?/m1/s1. The summed E-state index contributed by atoms with van der Waals surface area (Å²) in [6.45, 7) is 5.73. The molecule has 2 atom stereocenters. The Hall–Kier alpha value is -3.37. The predicted molar refractivity (Wildman–Crippen MR) is 134 cm³/mol. The zero-order valence-corrected chi connectivity index (χ0v) is 19.1. The summed E-state index contributed by atoms with van der Waals surface area (Å²) in [5.74, 6) is 0.0304. The van der Waals surface area contributed by atoms with Gasteiger partial charge in [-0.1, -0.05) is 66.2 Å². The fourth-order valence-corrected chi connectivity index (χ4v) is 4.65. The first-order chi connectivity index (χ1) is 16.1. The minimum absolute atomic E-state index is 0.108. The molecule has 0 aliphatic carbocycles. The Balaban J connectivity index is 1.31. The minimum atomic E-state index is -0.314. The molecule has 1 aliphatic rings. The molecule has 1 N–H and O–H groups in total. The molecular formula is C29H29FN2O. The lowest BCUT2D eigenvalue weighted by Gasteiger charge is -2.36. The maximum atomic E-state index is 14.7. The molecule has 4 aromatic rings. The Bertz CT molecular complexity index is 1250. The lowest BCUT2D eigenvalue weighted by Crippen LogP contribution is -2.39. The second-order valence-electron chi connectivity index (χ2n) is 8.81. The molecule has 0 aromatic heterocycles. The first-order valence-corrected chi connectivity index (χ1v) is 11.6. The van der Waals surface area contributed by atoms with E-state index in [2.05, 4.69) is 90.8 Å².